The van der Waals surface area contributed by atoms with Gasteiger partial charge in [-0.05, 0) is 36.2 Å². The van der Waals surface area contributed by atoms with Gasteiger partial charge in [-0.25, -0.2) is 4.39 Å². The van der Waals surface area contributed by atoms with Crippen LogP contribution in [0.1, 0.15) is 23.6 Å². The molecule has 0 aliphatic carbocycles. The summed E-state index contributed by atoms with van der Waals surface area (Å²) in [4.78, 5) is 30.4. The molecule has 1 heterocycles. The summed E-state index contributed by atoms with van der Waals surface area (Å²) in [6, 6.07) is 22.8. The molecule has 33 heavy (non-hydrogen) atoms. The fraction of sp³-hybridized carbons (Fsp3) is 0.185. The Hall–Kier alpha value is -3.93. The lowest BCUT2D eigenvalue weighted by Crippen LogP contribution is -2.34. The van der Waals surface area contributed by atoms with Gasteiger partial charge in [0.2, 0.25) is 0 Å². The van der Waals surface area contributed by atoms with Gasteiger partial charge in [-0.15, -0.1) is 0 Å². The number of amides is 2. The van der Waals surface area contributed by atoms with Crippen molar-refractivity contribution >= 4 is 17.4 Å². The molecular weight excluding hydrogens is 419 g/mol. The number of carbonyl (C=O) groups is 2. The number of nitrogens with zero attached hydrogens (tertiary/aromatic N) is 2. The van der Waals surface area contributed by atoms with Crippen molar-refractivity contribution in [1.82, 2.24) is 9.80 Å². The van der Waals surface area contributed by atoms with Gasteiger partial charge < -0.3 is 9.64 Å². The topological polar surface area (TPSA) is 49.9 Å². The number of hydrogen-bond acceptors (Lipinski definition) is 4. The molecule has 168 valence electrons. The normalized spacial score (nSPS) is 13.6. The van der Waals surface area contributed by atoms with E-state index in [2.05, 4.69) is 0 Å². The van der Waals surface area contributed by atoms with E-state index in [9.17, 15) is 14.0 Å². The number of ether oxygens (including phenoxy) is 1. The molecule has 0 N–H and O–H groups in total. The average Bonchev–Trinajstić information content (AvgIpc) is 3.09. The van der Waals surface area contributed by atoms with Crippen LogP contribution in [-0.2, 0) is 22.7 Å². The first-order valence-corrected chi connectivity index (χ1v) is 10.8. The molecular formula is C27H25FN2O3. The molecule has 0 aromatic heterocycles. The maximum Gasteiger partial charge on any atom is 0.278 e. The van der Waals surface area contributed by atoms with Crippen LogP contribution >= 0.6 is 0 Å². The number of halogens is 1. The molecule has 4 rings (SSSR count). The van der Waals surface area contributed by atoms with Crippen LogP contribution in [0, 0.1) is 5.82 Å². The maximum absolute atomic E-state index is 13.7. The number of carbonyl (C=O) groups excluding carboxylic acids is 2. The Morgan fingerprint density at radius 1 is 0.848 bits per heavy atom. The molecule has 2 amide bonds. The highest BCUT2D eigenvalue weighted by atomic mass is 19.1. The van der Waals surface area contributed by atoms with Crippen molar-refractivity contribution in [1.29, 1.82) is 0 Å². The van der Waals surface area contributed by atoms with Gasteiger partial charge in [-0.1, -0.05) is 60.7 Å². The van der Waals surface area contributed by atoms with E-state index in [-0.39, 0.29) is 18.3 Å². The van der Waals surface area contributed by atoms with Crippen molar-refractivity contribution in [3.8, 4) is 5.75 Å². The number of likely N-dealkylation sites (N-methyl/N-ethyl adjacent to an activating group) is 1. The zero-order chi connectivity index (χ0) is 23.4. The summed E-state index contributed by atoms with van der Waals surface area (Å²) in [5, 5.41) is 0. The Balaban J connectivity index is 1.79. The van der Waals surface area contributed by atoms with E-state index in [1.54, 1.807) is 24.3 Å². The van der Waals surface area contributed by atoms with Crippen LogP contribution in [0.15, 0.2) is 84.6 Å². The molecule has 1 aliphatic rings. The molecule has 0 radical (unpaired) electrons. The highest BCUT2D eigenvalue weighted by Crippen LogP contribution is 2.37. The van der Waals surface area contributed by atoms with Crippen molar-refractivity contribution in [3.63, 3.8) is 0 Å². The Morgan fingerprint density at radius 2 is 1.52 bits per heavy atom. The van der Waals surface area contributed by atoms with Gasteiger partial charge in [0.25, 0.3) is 11.8 Å². The maximum atomic E-state index is 13.7. The van der Waals surface area contributed by atoms with Gasteiger partial charge in [0.05, 0.1) is 19.2 Å². The van der Waals surface area contributed by atoms with Crippen molar-refractivity contribution < 1.29 is 18.7 Å². The largest absolute Gasteiger partial charge is 0.496 e. The summed E-state index contributed by atoms with van der Waals surface area (Å²) in [7, 11) is 1.54. The first-order valence-electron chi connectivity index (χ1n) is 10.8. The second kappa shape index (κ2) is 9.69. The van der Waals surface area contributed by atoms with E-state index in [0.29, 0.717) is 41.2 Å². The first-order chi connectivity index (χ1) is 16.0. The summed E-state index contributed by atoms with van der Waals surface area (Å²) in [5.41, 5.74) is 2.94. The SMILES string of the molecule is CCN(Cc1ccccc1)C1=C(c2ccccc2OC)C(=O)N(Cc2ccc(F)cc2)C1=O. The van der Waals surface area contributed by atoms with Crippen LogP contribution < -0.4 is 4.74 Å². The second-order valence-corrected chi connectivity index (χ2v) is 7.75. The lowest BCUT2D eigenvalue weighted by atomic mass is 10.0. The number of imide groups is 1. The standard InChI is InChI=1S/C27H25FN2O3/c1-3-29(17-19-9-5-4-6-10-19)25-24(22-11-7-8-12-23(22)33-2)26(31)30(27(25)32)18-20-13-15-21(28)16-14-20/h4-16H,3,17-18H2,1-2H3. The monoisotopic (exact) mass is 444 g/mol. The van der Waals surface area contributed by atoms with E-state index in [1.807, 2.05) is 54.3 Å². The van der Waals surface area contributed by atoms with Crippen molar-refractivity contribution in [2.75, 3.05) is 13.7 Å². The Kier molecular flexibility index (Phi) is 6.54. The molecule has 3 aromatic rings. The van der Waals surface area contributed by atoms with Crippen LogP contribution in [-0.4, -0.2) is 35.3 Å². The zero-order valence-electron chi connectivity index (χ0n) is 18.6. The van der Waals surface area contributed by atoms with E-state index in [1.165, 1.54) is 24.1 Å². The van der Waals surface area contributed by atoms with Crippen LogP contribution in [0.25, 0.3) is 5.57 Å². The van der Waals surface area contributed by atoms with Gasteiger partial charge in [0, 0.05) is 18.7 Å². The van der Waals surface area contributed by atoms with Gasteiger partial charge in [-0.2, -0.15) is 0 Å². The molecule has 3 aromatic carbocycles. The number of methoxy groups -OCH3 is 1. The molecule has 6 heteroatoms. The summed E-state index contributed by atoms with van der Waals surface area (Å²) in [5.74, 6) is -0.615. The molecule has 0 atom stereocenters. The Bertz CT molecular complexity index is 1190. The molecule has 0 saturated carbocycles. The number of rotatable bonds is 8. The highest BCUT2D eigenvalue weighted by molar-refractivity contribution is 6.35. The third-order valence-electron chi connectivity index (χ3n) is 5.69. The Labute approximate surface area is 192 Å². The summed E-state index contributed by atoms with van der Waals surface area (Å²) in [6.07, 6.45) is 0. The Morgan fingerprint density at radius 3 is 2.18 bits per heavy atom. The fourth-order valence-electron chi connectivity index (χ4n) is 4.02. The quantitative estimate of drug-likeness (QED) is 0.475. The summed E-state index contributed by atoms with van der Waals surface area (Å²) < 4.78 is 18.9. The predicted molar refractivity (Wildman–Crippen MR) is 124 cm³/mol. The smallest absolute Gasteiger partial charge is 0.278 e. The fourth-order valence-corrected chi connectivity index (χ4v) is 4.02. The van der Waals surface area contributed by atoms with Crippen molar-refractivity contribution in [2.45, 2.75) is 20.0 Å². The first kappa shape index (κ1) is 22.3. The van der Waals surface area contributed by atoms with Crippen LogP contribution in [0.2, 0.25) is 0 Å². The molecule has 0 unspecified atom stereocenters. The predicted octanol–water partition coefficient (Wildman–Crippen LogP) is 4.64. The highest BCUT2D eigenvalue weighted by Gasteiger charge is 2.42. The minimum absolute atomic E-state index is 0.0585. The average molecular weight is 445 g/mol. The molecule has 0 fully saturated rings. The summed E-state index contributed by atoms with van der Waals surface area (Å²) >= 11 is 0. The summed E-state index contributed by atoms with van der Waals surface area (Å²) in [6.45, 7) is 3.03. The number of para-hydroxylation sites is 1. The van der Waals surface area contributed by atoms with Gasteiger partial charge in [0.15, 0.2) is 0 Å². The van der Waals surface area contributed by atoms with Crippen LogP contribution in [0.4, 0.5) is 4.39 Å². The third-order valence-corrected chi connectivity index (χ3v) is 5.69. The molecule has 5 nitrogen and oxygen atoms in total. The zero-order valence-corrected chi connectivity index (χ0v) is 18.6. The van der Waals surface area contributed by atoms with Crippen LogP contribution in [0.5, 0.6) is 5.75 Å². The lowest BCUT2D eigenvalue weighted by Gasteiger charge is -2.25. The van der Waals surface area contributed by atoms with E-state index in [4.69, 9.17) is 4.74 Å². The molecule has 0 bridgehead atoms. The van der Waals surface area contributed by atoms with E-state index < -0.39 is 5.91 Å². The van der Waals surface area contributed by atoms with Crippen molar-refractivity contribution in [3.05, 3.63) is 107 Å². The van der Waals surface area contributed by atoms with Gasteiger partial charge >= 0.3 is 0 Å². The third kappa shape index (κ3) is 4.51. The minimum Gasteiger partial charge on any atom is -0.496 e. The minimum atomic E-state index is -0.393. The van der Waals surface area contributed by atoms with Gasteiger partial charge in [0.1, 0.15) is 17.3 Å². The number of benzene rings is 3. The van der Waals surface area contributed by atoms with Crippen LogP contribution in [0.3, 0.4) is 0 Å². The van der Waals surface area contributed by atoms with E-state index >= 15 is 0 Å². The second-order valence-electron chi connectivity index (χ2n) is 7.75. The molecule has 0 spiro atoms. The molecule has 1 aliphatic heterocycles. The van der Waals surface area contributed by atoms with Crippen molar-refractivity contribution in [2.24, 2.45) is 0 Å². The van der Waals surface area contributed by atoms with Gasteiger partial charge in [-0.3, -0.25) is 14.5 Å². The number of hydrogen-bond donors (Lipinski definition) is 0. The lowest BCUT2D eigenvalue weighted by molar-refractivity contribution is -0.138. The molecule has 0 saturated heterocycles. The van der Waals surface area contributed by atoms with E-state index in [0.717, 1.165) is 5.56 Å².